The smallest absolute Gasteiger partial charge is 0.314 e. The molecular formula is C16H22N2O3. The van der Waals surface area contributed by atoms with Crippen LogP contribution in [0.15, 0.2) is 35.4 Å². The van der Waals surface area contributed by atoms with Crippen LogP contribution in [0, 0.1) is 5.92 Å². The second kappa shape index (κ2) is 8.89. The van der Waals surface area contributed by atoms with Gasteiger partial charge < -0.3 is 4.74 Å². The molecule has 1 atom stereocenters. The van der Waals surface area contributed by atoms with Crippen molar-refractivity contribution in [3.63, 3.8) is 0 Å². The molecule has 21 heavy (non-hydrogen) atoms. The Hall–Kier alpha value is -2.17. The summed E-state index contributed by atoms with van der Waals surface area (Å²) in [5.74, 6) is -1.00. The van der Waals surface area contributed by atoms with Gasteiger partial charge in [-0.2, -0.15) is 5.10 Å². The van der Waals surface area contributed by atoms with Crippen molar-refractivity contribution in [2.45, 2.75) is 33.6 Å². The molecule has 1 rings (SSSR count). The number of ether oxygens (including phenoxy) is 1. The molecule has 0 radical (unpaired) electrons. The number of carbonyl (C=O) groups excluding carboxylic acids is 2. The maximum absolute atomic E-state index is 11.9. The molecule has 0 aromatic heterocycles. The maximum Gasteiger partial charge on any atom is 0.314 e. The molecule has 0 aliphatic carbocycles. The van der Waals surface area contributed by atoms with Gasteiger partial charge in [0.1, 0.15) is 0 Å². The zero-order valence-corrected chi connectivity index (χ0v) is 12.8. The average molecular weight is 290 g/mol. The molecule has 0 aliphatic heterocycles. The Morgan fingerprint density at radius 2 is 1.90 bits per heavy atom. The van der Waals surface area contributed by atoms with Crippen LogP contribution >= 0.6 is 0 Å². The molecule has 0 saturated heterocycles. The molecule has 0 fully saturated rings. The zero-order valence-electron chi connectivity index (χ0n) is 12.8. The summed E-state index contributed by atoms with van der Waals surface area (Å²) in [4.78, 5) is 23.8. The molecule has 1 aromatic rings. The van der Waals surface area contributed by atoms with E-state index in [1.165, 1.54) is 0 Å². The van der Waals surface area contributed by atoms with Crippen molar-refractivity contribution >= 4 is 17.6 Å². The lowest BCUT2D eigenvalue weighted by Crippen LogP contribution is -2.27. The summed E-state index contributed by atoms with van der Waals surface area (Å²) in [5.41, 5.74) is 3.56. The highest BCUT2D eigenvalue weighted by molar-refractivity contribution is 6.02. The monoisotopic (exact) mass is 290 g/mol. The molecular weight excluding hydrogens is 268 g/mol. The number of nitrogens with one attached hydrogen (secondary N) is 1. The Balaban J connectivity index is 2.72. The highest BCUT2D eigenvalue weighted by Crippen LogP contribution is 2.11. The number of esters is 1. The third-order valence-corrected chi connectivity index (χ3v) is 3.02. The average Bonchev–Trinajstić information content (AvgIpc) is 2.51. The Labute approximate surface area is 125 Å². The van der Waals surface area contributed by atoms with Crippen molar-refractivity contribution in [1.29, 1.82) is 0 Å². The molecule has 0 saturated carbocycles. The number of amides is 1. The first-order valence-corrected chi connectivity index (χ1v) is 7.16. The zero-order chi connectivity index (χ0) is 15.7. The van der Waals surface area contributed by atoms with Gasteiger partial charge in [-0.25, -0.2) is 5.43 Å². The van der Waals surface area contributed by atoms with Crippen molar-refractivity contribution in [2.24, 2.45) is 11.0 Å². The number of hydrogen-bond donors (Lipinski definition) is 1. The van der Waals surface area contributed by atoms with Crippen LogP contribution in [0.2, 0.25) is 0 Å². The summed E-state index contributed by atoms with van der Waals surface area (Å²) in [7, 11) is 0. The first-order chi connectivity index (χ1) is 10.1. The molecule has 5 nitrogen and oxygen atoms in total. The predicted octanol–water partition coefficient (Wildman–Crippen LogP) is 2.77. The summed E-state index contributed by atoms with van der Waals surface area (Å²) in [6, 6.07) is 8.81. The van der Waals surface area contributed by atoms with Gasteiger partial charge in [0, 0.05) is 11.3 Å². The van der Waals surface area contributed by atoms with Gasteiger partial charge in [0.15, 0.2) is 0 Å². The molecule has 0 aliphatic rings. The van der Waals surface area contributed by atoms with Crippen LogP contribution in [0.1, 0.15) is 44.0 Å². The van der Waals surface area contributed by atoms with Crippen LogP contribution in [0.3, 0.4) is 0 Å². The molecule has 1 aromatic carbocycles. The van der Waals surface area contributed by atoms with Crippen molar-refractivity contribution in [2.75, 3.05) is 6.61 Å². The molecule has 0 bridgehead atoms. The van der Waals surface area contributed by atoms with Crippen LogP contribution in [-0.2, 0) is 9.53 Å². The van der Waals surface area contributed by atoms with Gasteiger partial charge in [-0.3, -0.25) is 9.59 Å². The van der Waals surface area contributed by atoms with Crippen molar-refractivity contribution in [3.05, 3.63) is 35.9 Å². The van der Waals surface area contributed by atoms with E-state index >= 15 is 0 Å². The van der Waals surface area contributed by atoms with Crippen LogP contribution < -0.4 is 5.43 Å². The third-order valence-electron chi connectivity index (χ3n) is 3.02. The highest BCUT2D eigenvalue weighted by Gasteiger charge is 2.22. The third kappa shape index (κ3) is 5.38. The molecule has 0 spiro atoms. The molecule has 0 heterocycles. The molecule has 5 heteroatoms. The highest BCUT2D eigenvalue weighted by atomic mass is 16.5. The molecule has 1 N–H and O–H groups in total. The Kier molecular flexibility index (Phi) is 7.15. The fourth-order valence-corrected chi connectivity index (χ4v) is 1.90. The summed E-state index contributed by atoms with van der Waals surface area (Å²) < 4.78 is 5.04. The summed E-state index contributed by atoms with van der Waals surface area (Å²) >= 11 is 0. The lowest BCUT2D eigenvalue weighted by molar-refractivity contribution is -0.145. The Morgan fingerprint density at radius 1 is 1.24 bits per heavy atom. The van der Waals surface area contributed by atoms with Crippen LogP contribution in [0.5, 0.6) is 0 Å². The minimum Gasteiger partial charge on any atom is -0.465 e. The minimum atomic E-state index is -0.411. The van der Waals surface area contributed by atoms with E-state index in [1.54, 1.807) is 38.1 Å². The number of hydrazone groups is 1. The first-order valence-electron chi connectivity index (χ1n) is 7.16. The topological polar surface area (TPSA) is 67.8 Å². The van der Waals surface area contributed by atoms with Crippen LogP contribution in [-0.4, -0.2) is 24.2 Å². The van der Waals surface area contributed by atoms with Gasteiger partial charge in [0.25, 0.3) is 5.91 Å². The van der Waals surface area contributed by atoms with Crippen LogP contribution in [0.25, 0.3) is 0 Å². The second-order valence-electron chi connectivity index (χ2n) is 4.65. The number of hydrogen-bond acceptors (Lipinski definition) is 4. The number of rotatable bonds is 7. The van der Waals surface area contributed by atoms with Gasteiger partial charge in [-0.1, -0.05) is 31.5 Å². The molecule has 1 amide bonds. The van der Waals surface area contributed by atoms with Gasteiger partial charge in [0.05, 0.1) is 12.5 Å². The fourth-order valence-electron chi connectivity index (χ4n) is 1.90. The van der Waals surface area contributed by atoms with Gasteiger partial charge >= 0.3 is 5.97 Å². The predicted molar refractivity (Wildman–Crippen MR) is 82.0 cm³/mol. The van der Waals surface area contributed by atoms with Gasteiger partial charge in [-0.05, 0) is 32.4 Å². The second-order valence-corrected chi connectivity index (χ2v) is 4.65. The normalized spacial score (nSPS) is 12.6. The summed E-state index contributed by atoms with van der Waals surface area (Å²) in [6.07, 6.45) is 1.48. The van der Waals surface area contributed by atoms with E-state index in [-0.39, 0.29) is 11.9 Å². The number of nitrogens with zero attached hydrogens (tertiary/aromatic N) is 1. The van der Waals surface area contributed by atoms with Crippen molar-refractivity contribution in [3.8, 4) is 0 Å². The lowest BCUT2D eigenvalue weighted by Gasteiger charge is -2.14. The molecule has 1 unspecified atom stereocenters. The van der Waals surface area contributed by atoms with E-state index in [4.69, 9.17) is 4.74 Å². The largest absolute Gasteiger partial charge is 0.465 e. The van der Waals surface area contributed by atoms with Crippen molar-refractivity contribution < 1.29 is 14.3 Å². The number of carbonyl (C=O) groups is 2. The first kappa shape index (κ1) is 16.9. The Morgan fingerprint density at radius 3 is 2.48 bits per heavy atom. The quantitative estimate of drug-likeness (QED) is 0.477. The van der Waals surface area contributed by atoms with Gasteiger partial charge in [-0.15, -0.1) is 0 Å². The summed E-state index contributed by atoms with van der Waals surface area (Å²) in [6.45, 7) is 5.82. The van der Waals surface area contributed by atoms with Crippen LogP contribution in [0.4, 0.5) is 0 Å². The SMILES string of the molecule is CCCC(C(=O)OCC)C(C)=NNC(=O)c1ccccc1. The maximum atomic E-state index is 11.9. The van der Waals surface area contributed by atoms with Crippen molar-refractivity contribution in [1.82, 2.24) is 5.43 Å². The van der Waals surface area contributed by atoms with Gasteiger partial charge in [0.2, 0.25) is 0 Å². The fraction of sp³-hybridized carbons (Fsp3) is 0.438. The molecule has 114 valence electrons. The van der Waals surface area contributed by atoms with E-state index in [1.807, 2.05) is 13.0 Å². The summed E-state index contributed by atoms with van der Waals surface area (Å²) in [5, 5.41) is 4.04. The minimum absolute atomic E-state index is 0.297. The van der Waals surface area contributed by atoms with E-state index in [9.17, 15) is 9.59 Å². The standard InChI is InChI=1S/C16H22N2O3/c1-4-9-14(16(20)21-5-2)12(3)17-18-15(19)13-10-7-6-8-11-13/h6-8,10-11,14H,4-5,9H2,1-3H3,(H,18,19). The lowest BCUT2D eigenvalue weighted by atomic mass is 9.99. The Bertz CT molecular complexity index is 498. The van der Waals surface area contributed by atoms with E-state index in [0.29, 0.717) is 24.3 Å². The number of benzene rings is 1. The van der Waals surface area contributed by atoms with E-state index in [2.05, 4.69) is 10.5 Å². The van der Waals surface area contributed by atoms with E-state index in [0.717, 1.165) is 6.42 Å². The van der Waals surface area contributed by atoms with E-state index < -0.39 is 5.92 Å².